The molecule has 0 aromatic heterocycles. The average molecular weight is 385 g/mol. The molecule has 0 aliphatic carbocycles. The van der Waals surface area contributed by atoms with Crippen LogP contribution in [0, 0.1) is 0 Å². The van der Waals surface area contributed by atoms with Gasteiger partial charge < -0.3 is 10.5 Å². The molecule has 0 amide bonds. The van der Waals surface area contributed by atoms with Gasteiger partial charge in [-0.1, -0.05) is 31.4 Å². The molecule has 0 heterocycles. The predicted octanol–water partition coefficient (Wildman–Crippen LogP) is 2.34. The monoisotopic (exact) mass is 384 g/mol. The smallest absolute Gasteiger partial charge is 0.339 e. The van der Waals surface area contributed by atoms with E-state index in [1.54, 1.807) is 0 Å². The molecule has 9 heteroatoms. The number of ether oxygens (including phenoxy) is 1. The summed E-state index contributed by atoms with van der Waals surface area (Å²) in [4.78, 5) is 11.5. The van der Waals surface area contributed by atoms with E-state index in [0.717, 1.165) is 12.8 Å². The van der Waals surface area contributed by atoms with E-state index in [2.05, 4.69) is 9.46 Å². The molecule has 0 saturated heterocycles. The Morgan fingerprint density at radius 1 is 1.43 bits per heavy atom. The molecule has 3 N–H and O–H groups in total. The largest absolute Gasteiger partial charge is 0.465 e. The number of nitrogens with one attached hydrogen (secondary N) is 1. The Balaban J connectivity index is 0.00000484. The molecule has 23 heavy (non-hydrogen) atoms. The maximum atomic E-state index is 12.5. The number of hydrogen-bond acceptors (Lipinski definition) is 5. The van der Waals surface area contributed by atoms with E-state index in [9.17, 15) is 13.2 Å². The molecule has 1 unspecified atom stereocenters. The Labute approximate surface area is 148 Å². The van der Waals surface area contributed by atoms with Gasteiger partial charge in [0.1, 0.15) is 0 Å². The molecule has 0 spiro atoms. The first kappa shape index (κ1) is 22.1. The van der Waals surface area contributed by atoms with E-state index in [4.69, 9.17) is 17.3 Å². The highest BCUT2D eigenvalue weighted by atomic mass is 35.5. The van der Waals surface area contributed by atoms with E-state index in [1.807, 2.05) is 6.92 Å². The minimum atomic E-state index is -3.93. The van der Waals surface area contributed by atoms with Crippen LogP contribution in [-0.2, 0) is 14.8 Å². The number of methoxy groups -OCH3 is 1. The van der Waals surface area contributed by atoms with Crippen molar-refractivity contribution in [2.45, 2.75) is 37.1 Å². The summed E-state index contributed by atoms with van der Waals surface area (Å²) in [6.45, 7) is 2.18. The van der Waals surface area contributed by atoms with Crippen LogP contribution in [0.5, 0.6) is 0 Å². The zero-order valence-corrected chi connectivity index (χ0v) is 15.4. The van der Waals surface area contributed by atoms with E-state index in [0.29, 0.717) is 6.42 Å². The molecule has 6 nitrogen and oxygen atoms in total. The van der Waals surface area contributed by atoms with Gasteiger partial charge in [-0.05, 0) is 24.6 Å². The lowest BCUT2D eigenvalue weighted by Crippen LogP contribution is -2.40. The van der Waals surface area contributed by atoms with Crippen molar-refractivity contribution in [1.82, 2.24) is 4.72 Å². The Bertz CT molecular complexity index is 623. The Hall–Kier alpha value is -0.860. The van der Waals surface area contributed by atoms with Gasteiger partial charge in [0.05, 0.1) is 17.6 Å². The molecule has 0 aliphatic heterocycles. The summed E-state index contributed by atoms with van der Waals surface area (Å²) in [5, 5.41) is 0.214. The third-order valence-corrected chi connectivity index (χ3v) is 4.95. The first-order chi connectivity index (χ1) is 10.4. The summed E-state index contributed by atoms with van der Waals surface area (Å²) in [6.07, 6.45) is 2.41. The zero-order valence-electron chi connectivity index (χ0n) is 13.0. The zero-order chi connectivity index (χ0) is 16.8. The molecule has 1 rings (SSSR count). The van der Waals surface area contributed by atoms with Crippen LogP contribution in [0.1, 0.15) is 36.5 Å². The van der Waals surface area contributed by atoms with Gasteiger partial charge in [-0.25, -0.2) is 17.9 Å². The van der Waals surface area contributed by atoms with Crippen LogP contribution in [0.25, 0.3) is 0 Å². The number of sulfonamides is 1. The lowest BCUT2D eigenvalue weighted by molar-refractivity contribution is 0.0596. The number of halogens is 2. The molecule has 132 valence electrons. The van der Waals surface area contributed by atoms with Crippen molar-refractivity contribution in [1.29, 1.82) is 0 Å². The first-order valence-corrected chi connectivity index (χ1v) is 8.82. The third kappa shape index (κ3) is 6.27. The Kier molecular flexibility index (Phi) is 9.72. The van der Waals surface area contributed by atoms with Gasteiger partial charge >= 0.3 is 5.97 Å². The summed E-state index contributed by atoms with van der Waals surface area (Å²) < 4.78 is 32.2. The minimum Gasteiger partial charge on any atom is -0.465 e. The normalized spacial score (nSPS) is 12.3. The van der Waals surface area contributed by atoms with Crippen LogP contribution in [0.2, 0.25) is 5.02 Å². The molecule has 0 fully saturated rings. The standard InChI is InChI=1S/C14H21ClN2O4S.ClH/c1-3-4-5-11(9-16)17-22(19,20)13-8-10(15)6-7-12(13)14(18)21-2;/h6-8,11,17H,3-5,9,16H2,1-2H3;1H. The summed E-state index contributed by atoms with van der Waals surface area (Å²) in [6, 6.07) is 3.59. The van der Waals surface area contributed by atoms with Crippen LogP contribution in [0.3, 0.4) is 0 Å². The lowest BCUT2D eigenvalue weighted by Gasteiger charge is -2.18. The van der Waals surface area contributed by atoms with Crippen molar-refractivity contribution >= 4 is 40.0 Å². The highest BCUT2D eigenvalue weighted by Crippen LogP contribution is 2.22. The first-order valence-electron chi connectivity index (χ1n) is 6.96. The number of hydrogen-bond donors (Lipinski definition) is 2. The highest BCUT2D eigenvalue weighted by Gasteiger charge is 2.25. The molecule has 0 radical (unpaired) electrons. The van der Waals surface area contributed by atoms with Crippen molar-refractivity contribution in [3.05, 3.63) is 28.8 Å². The van der Waals surface area contributed by atoms with Gasteiger partial charge in [0.2, 0.25) is 10.0 Å². The van der Waals surface area contributed by atoms with Crippen molar-refractivity contribution in [2.75, 3.05) is 13.7 Å². The molecular weight excluding hydrogens is 363 g/mol. The van der Waals surface area contributed by atoms with Crippen LogP contribution in [0.4, 0.5) is 0 Å². The van der Waals surface area contributed by atoms with Gasteiger partial charge in [0.15, 0.2) is 0 Å². The third-order valence-electron chi connectivity index (χ3n) is 3.15. The molecule has 0 saturated carbocycles. The second-order valence-corrected chi connectivity index (χ2v) is 6.95. The number of rotatable bonds is 8. The molecular formula is C14H22Cl2N2O4S. The summed E-state index contributed by atoms with van der Waals surface area (Å²) in [5.41, 5.74) is 5.54. The van der Waals surface area contributed by atoms with E-state index in [1.165, 1.54) is 25.3 Å². The number of carbonyl (C=O) groups excluding carboxylic acids is 1. The van der Waals surface area contributed by atoms with Crippen LogP contribution in [0.15, 0.2) is 23.1 Å². The van der Waals surface area contributed by atoms with Gasteiger partial charge in [0.25, 0.3) is 0 Å². The maximum absolute atomic E-state index is 12.5. The molecule has 1 atom stereocenters. The fraction of sp³-hybridized carbons (Fsp3) is 0.500. The van der Waals surface area contributed by atoms with E-state index >= 15 is 0 Å². The fourth-order valence-corrected chi connectivity index (χ4v) is 3.70. The van der Waals surface area contributed by atoms with Gasteiger partial charge in [-0.15, -0.1) is 12.4 Å². The molecule has 1 aromatic rings. The van der Waals surface area contributed by atoms with Crippen LogP contribution in [-0.4, -0.2) is 34.1 Å². The molecule has 0 bridgehead atoms. The quantitative estimate of drug-likeness (QED) is 0.670. The van der Waals surface area contributed by atoms with Gasteiger partial charge in [0, 0.05) is 17.6 Å². The Morgan fingerprint density at radius 2 is 2.09 bits per heavy atom. The van der Waals surface area contributed by atoms with Crippen molar-refractivity contribution < 1.29 is 17.9 Å². The van der Waals surface area contributed by atoms with Crippen LogP contribution >= 0.6 is 24.0 Å². The topological polar surface area (TPSA) is 98.5 Å². The highest BCUT2D eigenvalue weighted by molar-refractivity contribution is 7.89. The average Bonchev–Trinajstić information content (AvgIpc) is 2.50. The second-order valence-electron chi connectivity index (χ2n) is 4.83. The molecule has 1 aromatic carbocycles. The van der Waals surface area contributed by atoms with Crippen molar-refractivity contribution in [3.63, 3.8) is 0 Å². The summed E-state index contributed by atoms with van der Waals surface area (Å²) >= 11 is 5.86. The van der Waals surface area contributed by atoms with Crippen LogP contribution < -0.4 is 10.5 Å². The van der Waals surface area contributed by atoms with Crippen molar-refractivity contribution in [3.8, 4) is 0 Å². The summed E-state index contributed by atoms with van der Waals surface area (Å²) in [7, 11) is -2.74. The Morgan fingerprint density at radius 3 is 2.61 bits per heavy atom. The summed E-state index contributed by atoms with van der Waals surface area (Å²) in [5.74, 6) is -0.741. The van der Waals surface area contributed by atoms with E-state index < -0.39 is 22.0 Å². The number of nitrogens with two attached hydrogens (primary N) is 1. The second kappa shape index (κ2) is 10.1. The van der Waals surface area contributed by atoms with Crippen molar-refractivity contribution in [2.24, 2.45) is 5.73 Å². The minimum absolute atomic E-state index is 0. The lowest BCUT2D eigenvalue weighted by atomic mass is 10.1. The SMILES string of the molecule is CCCCC(CN)NS(=O)(=O)c1cc(Cl)ccc1C(=O)OC.Cl. The molecule has 0 aliphatic rings. The number of esters is 1. The fourth-order valence-electron chi connectivity index (χ4n) is 1.96. The van der Waals surface area contributed by atoms with Gasteiger partial charge in [-0.3, -0.25) is 0 Å². The number of carbonyl (C=O) groups is 1. The number of benzene rings is 1. The van der Waals surface area contributed by atoms with Gasteiger partial charge in [-0.2, -0.15) is 0 Å². The predicted molar refractivity (Wildman–Crippen MR) is 92.7 cm³/mol. The van der Waals surface area contributed by atoms with E-state index in [-0.39, 0.29) is 34.4 Å². The maximum Gasteiger partial charge on any atom is 0.339 e. The number of unbranched alkanes of at least 4 members (excludes halogenated alkanes) is 1.